The molecule has 3 heteroatoms. The van der Waals surface area contributed by atoms with Crippen molar-refractivity contribution in [2.75, 3.05) is 0 Å². The summed E-state index contributed by atoms with van der Waals surface area (Å²) in [5.74, 6) is 1.15. The van der Waals surface area contributed by atoms with Gasteiger partial charge in [-0.05, 0) is 31.1 Å². The summed E-state index contributed by atoms with van der Waals surface area (Å²) in [5.41, 5.74) is -0.510. The zero-order valence-corrected chi connectivity index (χ0v) is 10.3. The summed E-state index contributed by atoms with van der Waals surface area (Å²) in [6.07, 6.45) is 5.76. The monoisotopic (exact) mass is 225 g/mol. The lowest BCUT2D eigenvalue weighted by molar-refractivity contribution is -0.0522. The molecule has 0 saturated heterocycles. The smallest absolute Gasteiger partial charge is 0.0953 e. The molecule has 0 aromatic carbocycles. The first kappa shape index (κ1) is 11.1. The van der Waals surface area contributed by atoms with E-state index in [9.17, 15) is 5.11 Å². The molecule has 84 valence electrons. The second kappa shape index (κ2) is 4.22. The van der Waals surface area contributed by atoms with Crippen molar-refractivity contribution in [3.8, 4) is 0 Å². The van der Waals surface area contributed by atoms with Gasteiger partial charge in [-0.2, -0.15) is 0 Å². The average molecular weight is 225 g/mol. The van der Waals surface area contributed by atoms with Crippen LogP contribution in [0.2, 0.25) is 0 Å². The van der Waals surface area contributed by atoms with Gasteiger partial charge >= 0.3 is 0 Å². The van der Waals surface area contributed by atoms with Gasteiger partial charge in [0.15, 0.2) is 0 Å². The SMILES string of the molecule is CC1CCC(O)(Cc2nccs2)C(C)C1. The van der Waals surface area contributed by atoms with Gasteiger partial charge in [0.25, 0.3) is 0 Å². The number of hydrogen-bond donors (Lipinski definition) is 1. The van der Waals surface area contributed by atoms with Crippen molar-refractivity contribution in [1.29, 1.82) is 0 Å². The van der Waals surface area contributed by atoms with E-state index in [0.29, 0.717) is 5.92 Å². The molecule has 1 aliphatic rings. The van der Waals surface area contributed by atoms with E-state index in [-0.39, 0.29) is 0 Å². The summed E-state index contributed by atoms with van der Waals surface area (Å²) in [6.45, 7) is 4.45. The molecule has 1 aromatic rings. The molecule has 1 fully saturated rings. The lowest BCUT2D eigenvalue weighted by Crippen LogP contribution is -2.43. The van der Waals surface area contributed by atoms with E-state index in [2.05, 4.69) is 18.8 Å². The maximum atomic E-state index is 10.6. The van der Waals surface area contributed by atoms with Crippen molar-refractivity contribution in [2.24, 2.45) is 11.8 Å². The van der Waals surface area contributed by atoms with Crippen LogP contribution in [0.5, 0.6) is 0 Å². The van der Waals surface area contributed by atoms with Gasteiger partial charge in [-0.25, -0.2) is 4.98 Å². The van der Waals surface area contributed by atoms with Gasteiger partial charge in [0, 0.05) is 18.0 Å². The first-order chi connectivity index (χ1) is 7.10. The Labute approximate surface area is 95.4 Å². The normalized spacial score (nSPS) is 36.7. The number of aliphatic hydroxyl groups is 1. The largest absolute Gasteiger partial charge is 0.389 e. The Bertz CT molecular complexity index is 311. The quantitative estimate of drug-likeness (QED) is 0.839. The molecule has 0 spiro atoms. The molecule has 0 aliphatic heterocycles. The van der Waals surface area contributed by atoms with Crippen LogP contribution in [0.25, 0.3) is 0 Å². The number of hydrogen-bond acceptors (Lipinski definition) is 3. The molecule has 1 aromatic heterocycles. The highest BCUT2D eigenvalue weighted by Gasteiger charge is 2.38. The lowest BCUT2D eigenvalue weighted by atomic mass is 9.71. The molecule has 1 saturated carbocycles. The minimum Gasteiger partial charge on any atom is -0.389 e. The minimum absolute atomic E-state index is 0.394. The zero-order chi connectivity index (χ0) is 10.9. The van der Waals surface area contributed by atoms with Gasteiger partial charge in [-0.3, -0.25) is 0 Å². The van der Waals surface area contributed by atoms with Crippen LogP contribution >= 0.6 is 11.3 Å². The summed E-state index contributed by atoms with van der Waals surface area (Å²) < 4.78 is 0. The number of nitrogens with zero attached hydrogens (tertiary/aromatic N) is 1. The van der Waals surface area contributed by atoms with Crippen LogP contribution in [0.3, 0.4) is 0 Å². The van der Waals surface area contributed by atoms with Crippen LogP contribution in [-0.2, 0) is 6.42 Å². The van der Waals surface area contributed by atoms with Crippen molar-refractivity contribution in [3.63, 3.8) is 0 Å². The van der Waals surface area contributed by atoms with Gasteiger partial charge in [0.2, 0.25) is 0 Å². The first-order valence-electron chi connectivity index (χ1n) is 5.71. The van der Waals surface area contributed by atoms with E-state index >= 15 is 0 Å². The number of rotatable bonds is 2. The van der Waals surface area contributed by atoms with Crippen LogP contribution in [0.15, 0.2) is 11.6 Å². The van der Waals surface area contributed by atoms with Crippen molar-refractivity contribution in [1.82, 2.24) is 4.98 Å². The Hall–Kier alpha value is -0.410. The highest BCUT2D eigenvalue weighted by atomic mass is 32.1. The fourth-order valence-corrected chi connectivity index (χ4v) is 3.28. The lowest BCUT2D eigenvalue weighted by Gasteiger charge is -2.40. The predicted octanol–water partition coefficient (Wildman–Crippen LogP) is 2.87. The highest BCUT2D eigenvalue weighted by Crippen LogP contribution is 2.38. The van der Waals surface area contributed by atoms with E-state index in [1.165, 1.54) is 0 Å². The average Bonchev–Trinajstić information content (AvgIpc) is 2.65. The van der Waals surface area contributed by atoms with Gasteiger partial charge in [0.05, 0.1) is 10.6 Å². The third-order valence-electron chi connectivity index (χ3n) is 3.68. The van der Waals surface area contributed by atoms with E-state index in [0.717, 1.165) is 36.6 Å². The molecule has 1 aliphatic carbocycles. The van der Waals surface area contributed by atoms with E-state index in [4.69, 9.17) is 0 Å². The minimum atomic E-state index is -0.510. The molecule has 0 radical (unpaired) electrons. The summed E-state index contributed by atoms with van der Waals surface area (Å²) in [7, 11) is 0. The maximum absolute atomic E-state index is 10.6. The molecule has 2 rings (SSSR count). The Morgan fingerprint density at radius 2 is 2.40 bits per heavy atom. The Morgan fingerprint density at radius 3 is 3.00 bits per heavy atom. The topological polar surface area (TPSA) is 33.1 Å². The van der Waals surface area contributed by atoms with Gasteiger partial charge < -0.3 is 5.11 Å². The summed E-state index contributed by atoms with van der Waals surface area (Å²) in [4.78, 5) is 4.27. The standard InChI is InChI=1S/C12H19NOS/c1-9-3-4-12(14,10(2)7-9)8-11-13-5-6-15-11/h5-6,9-10,14H,3-4,7-8H2,1-2H3. The van der Waals surface area contributed by atoms with Crippen molar-refractivity contribution in [3.05, 3.63) is 16.6 Å². The molecule has 2 nitrogen and oxygen atoms in total. The molecule has 1 heterocycles. The molecular formula is C12H19NOS. The predicted molar refractivity (Wildman–Crippen MR) is 62.9 cm³/mol. The van der Waals surface area contributed by atoms with Crippen LogP contribution in [0, 0.1) is 11.8 Å². The fourth-order valence-electron chi connectivity index (χ4n) is 2.55. The van der Waals surface area contributed by atoms with E-state index in [1.54, 1.807) is 11.3 Å². The molecule has 15 heavy (non-hydrogen) atoms. The van der Waals surface area contributed by atoms with E-state index < -0.39 is 5.60 Å². The number of aromatic nitrogens is 1. The summed E-state index contributed by atoms with van der Waals surface area (Å²) in [6, 6.07) is 0. The third kappa shape index (κ3) is 2.40. The Balaban J connectivity index is 2.06. The molecule has 3 atom stereocenters. The van der Waals surface area contributed by atoms with Gasteiger partial charge in [-0.1, -0.05) is 13.8 Å². The highest BCUT2D eigenvalue weighted by molar-refractivity contribution is 7.09. The molecule has 0 bridgehead atoms. The van der Waals surface area contributed by atoms with Crippen molar-refractivity contribution < 1.29 is 5.11 Å². The van der Waals surface area contributed by atoms with Crippen molar-refractivity contribution in [2.45, 2.75) is 45.1 Å². The molecule has 0 amide bonds. The first-order valence-corrected chi connectivity index (χ1v) is 6.59. The molecule has 3 unspecified atom stereocenters. The molecule has 1 N–H and O–H groups in total. The second-order valence-corrected chi connectivity index (χ2v) is 5.97. The van der Waals surface area contributed by atoms with Gasteiger partial charge in [-0.15, -0.1) is 11.3 Å². The maximum Gasteiger partial charge on any atom is 0.0953 e. The Kier molecular flexibility index (Phi) is 3.12. The second-order valence-electron chi connectivity index (χ2n) is 4.99. The zero-order valence-electron chi connectivity index (χ0n) is 9.44. The van der Waals surface area contributed by atoms with Crippen LogP contribution in [0.4, 0.5) is 0 Å². The van der Waals surface area contributed by atoms with Crippen LogP contribution < -0.4 is 0 Å². The van der Waals surface area contributed by atoms with Crippen LogP contribution in [0.1, 0.15) is 38.1 Å². The number of thiazole rings is 1. The van der Waals surface area contributed by atoms with Crippen molar-refractivity contribution >= 4 is 11.3 Å². The fraction of sp³-hybridized carbons (Fsp3) is 0.750. The Morgan fingerprint density at radius 1 is 1.60 bits per heavy atom. The van der Waals surface area contributed by atoms with Crippen LogP contribution in [-0.4, -0.2) is 15.7 Å². The summed E-state index contributed by atoms with van der Waals surface area (Å²) >= 11 is 1.65. The van der Waals surface area contributed by atoms with Gasteiger partial charge in [0.1, 0.15) is 0 Å². The molecular weight excluding hydrogens is 206 g/mol. The van der Waals surface area contributed by atoms with E-state index in [1.807, 2.05) is 11.6 Å². The third-order valence-corrected chi connectivity index (χ3v) is 4.46. The summed E-state index contributed by atoms with van der Waals surface area (Å²) in [5, 5.41) is 13.6.